The van der Waals surface area contributed by atoms with Gasteiger partial charge in [0.05, 0.1) is 6.54 Å². The third-order valence-electron chi connectivity index (χ3n) is 3.53. The van der Waals surface area contributed by atoms with Gasteiger partial charge in [0.15, 0.2) is 0 Å². The summed E-state index contributed by atoms with van der Waals surface area (Å²) in [7, 11) is 0. The fourth-order valence-electron chi connectivity index (χ4n) is 2.37. The molecule has 0 unspecified atom stereocenters. The van der Waals surface area contributed by atoms with E-state index in [1.165, 1.54) is 70.9 Å². The van der Waals surface area contributed by atoms with E-state index in [-0.39, 0.29) is 0 Å². The molecule has 0 spiro atoms. The third kappa shape index (κ3) is 8.27. The molecule has 0 aliphatic carbocycles. The first-order valence-corrected chi connectivity index (χ1v) is 7.61. The highest BCUT2D eigenvalue weighted by Crippen LogP contribution is 2.08. The Morgan fingerprint density at radius 3 is 2.29 bits per heavy atom. The fourth-order valence-corrected chi connectivity index (χ4v) is 2.37. The molecule has 1 saturated heterocycles. The lowest BCUT2D eigenvalue weighted by Crippen LogP contribution is -2.29. The zero-order chi connectivity index (χ0) is 12.2. The third-order valence-corrected chi connectivity index (χ3v) is 3.53. The minimum atomic E-state index is 1.01. The van der Waals surface area contributed by atoms with E-state index in [9.17, 15) is 0 Å². The zero-order valence-electron chi connectivity index (χ0n) is 11.6. The summed E-state index contributed by atoms with van der Waals surface area (Å²) < 4.78 is 0. The molecule has 0 saturated carbocycles. The van der Waals surface area contributed by atoms with Crippen LogP contribution < -0.4 is 0 Å². The van der Waals surface area contributed by atoms with Crippen molar-refractivity contribution in [1.29, 1.82) is 0 Å². The van der Waals surface area contributed by atoms with Crippen molar-refractivity contribution in [2.75, 3.05) is 19.6 Å². The Morgan fingerprint density at radius 2 is 1.53 bits per heavy atom. The molecule has 1 aliphatic rings. The van der Waals surface area contributed by atoms with Crippen molar-refractivity contribution in [3.05, 3.63) is 0 Å². The zero-order valence-corrected chi connectivity index (χ0v) is 11.6. The molecule has 0 bridgehead atoms. The van der Waals surface area contributed by atoms with E-state index in [1.807, 2.05) is 0 Å². The fraction of sp³-hybridized carbons (Fsp3) is 0.875. The number of likely N-dealkylation sites (tertiary alicyclic amines) is 1. The predicted octanol–water partition coefficient (Wildman–Crippen LogP) is 4.23. The molecule has 1 heterocycles. The number of hydrogen-bond acceptors (Lipinski definition) is 1. The normalized spacial score (nSPS) is 16.5. The molecular formula is C16H29N. The topological polar surface area (TPSA) is 3.24 Å². The van der Waals surface area contributed by atoms with Crippen molar-refractivity contribution in [2.24, 2.45) is 0 Å². The first-order chi connectivity index (χ1) is 8.43. The molecule has 0 radical (unpaired) electrons. The SMILES string of the molecule is CCCCCCCCC#CCN1CCCCC1. The number of unbranched alkanes of at least 4 members (excludes halogenated alkanes) is 6. The smallest absolute Gasteiger partial charge is 0.0601 e. The quantitative estimate of drug-likeness (QED) is 0.471. The van der Waals surface area contributed by atoms with Crippen molar-refractivity contribution in [3.63, 3.8) is 0 Å². The van der Waals surface area contributed by atoms with Gasteiger partial charge in [-0.1, -0.05) is 51.4 Å². The van der Waals surface area contributed by atoms with Crippen LogP contribution in [0.5, 0.6) is 0 Å². The summed E-state index contributed by atoms with van der Waals surface area (Å²) in [5, 5.41) is 0. The van der Waals surface area contributed by atoms with Gasteiger partial charge < -0.3 is 0 Å². The summed E-state index contributed by atoms with van der Waals surface area (Å²) in [6.45, 7) is 5.82. The minimum Gasteiger partial charge on any atom is -0.292 e. The Balaban J connectivity index is 1.88. The van der Waals surface area contributed by atoms with E-state index in [2.05, 4.69) is 23.7 Å². The summed E-state index contributed by atoms with van der Waals surface area (Å²) in [6.07, 6.45) is 13.5. The van der Waals surface area contributed by atoms with Crippen LogP contribution in [0.15, 0.2) is 0 Å². The predicted molar refractivity (Wildman–Crippen MR) is 76.1 cm³/mol. The van der Waals surface area contributed by atoms with E-state index in [0.717, 1.165) is 13.0 Å². The first-order valence-electron chi connectivity index (χ1n) is 7.61. The second-order valence-electron chi connectivity index (χ2n) is 5.21. The monoisotopic (exact) mass is 235 g/mol. The molecule has 0 amide bonds. The van der Waals surface area contributed by atoms with Gasteiger partial charge in [0.1, 0.15) is 0 Å². The lowest BCUT2D eigenvalue weighted by Gasteiger charge is -2.23. The van der Waals surface area contributed by atoms with E-state index in [1.54, 1.807) is 0 Å². The van der Waals surface area contributed by atoms with E-state index < -0.39 is 0 Å². The van der Waals surface area contributed by atoms with Crippen LogP contribution in [-0.2, 0) is 0 Å². The van der Waals surface area contributed by atoms with Crippen molar-refractivity contribution in [3.8, 4) is 11.8 Å². The van der Waals surface area contributed by atoms with Gasteiger partial charge in [-0.05, 0) is 32.4 Å². The number of piperidine rings is 1. The van der Waals surface area contributed by atoms with Crippen LogP contribution in [0.2, 0.25) is 0 Å². The number of nitrogens with zero attached hydrogens (tertiary/aromatic N) is 1. The lowest BCUT2D eigenvalue weighted by molar-refractivity contribution is 0.255. The standard InChI is InChI=1S/C16H29N/c1-2-3-4-5-6-7-8-9-11-14-17-15-12-10-13-16-17/h2-8,10,12-16H2,1H3. The van der Waals surface area contributed by atoms with Gasteiger partial charge >= 0.3 is 0 Å². The van der Waals surface area contributed by atoms with E-state index in [4.69, 9.17) is 0 Å². The second-order valence-corrected chi connectivity index (χ2v) is 5.21. The van der Waals surface area contributed by atoms with Crippen LogP contribution in [-0.4, -0.2) is 24.5 Å². The lowest BCUT2D eigenvalue weighted by atomic mass is 10.1. The maximum Gasteiger partial charge on any atom is 0.0601 e. The molecule has 17 heavy (non-hydrogen) atoms. The summed E-state index contributed by atoms with van der Waals surface area (Å²) in [5.41, 5.74) is 0. The largest absolute Gasteiger partial charge is 0.292 e. The van der Waals surface area contributed by atoms with Crippen molar-refractivity contribution >= 4 is 0 Å². The Hall–Kier alpha value is -0.480. The maximum atomic E-state index is 3.33. The average Bonchev–Trinajstić information content (AvgIpc) is 2.38. The van der Waals surface area contributed by atoms with Gasteiger partial charge in [0, 0.05) is 6.42 Å². The van der Waals surface area contributed by atoms with Gasteiger partial charge in [-0.2, -0.15) is 0 Å². The van der Waals surface area contributed by atoms with Gasteiger partial charge in [0.2, 0.25) is 0 Å². The number of hydrogen-bond donors (Lipinski definition) is 0. The van der Waals surface area contributed by atoms with Crippen molar-refractivity contribution in [1.82, 2.24) is 4.90 Å². The highest BCUT2D eigenvalue weighted by Gasteiger charge is 2.07. The summed E-state index contributed by atoms with van der Waals surface area (Å²) >= 11 is 0. The molecule has 1 heteroatoms. The molecule has 98 valence electrons. The Kier molecular flexibility index (Phi) is 9.14. The van der Waals surface area contributed by atoms with Crippen LogP contribution in [0.3, 0.4) is 0 Å². The van der Waals surface area contributed by atoms with E-state index >= 15 is 0 Å². The van der Waals surface area contributed by atoms with Crippen LogP contribution in [0, 0.1) is 11.8 Å². The molecule has 1 aliphatic heterocycles. The first kappa shape index (κ1) is 14.6. The highest BCUT2D eigenvalue weighted by molar-refractivity contribution is 5.01. The molecule has 1 rings (SSSR count). The molecule has 0 atom stereocenters. The van der Waals surface area contributed by atoms with Crippen LogP contribution >= 0.6 is 0 Å². The average molecular weight is 235 g/mol. The van der Waals surface area contributed by atoms with Gasteiger partial charge in [-0.15, -0.1) is 5.92 Å². The van der Waals surface area contributed by atoms with Gasteiger partial charge in [-0.3, -0.25) is 4.90 Å². The van der Waals surface area contributed by atoms with Crippen molar-refractivity contribution < 1.29 is 0 Å². The van der Waals surface area contributed by atoms with Gasteiger partial charge in [-0.25, -0.2) is 0 Å². The van der Waals surface area contributed by atoms with Crippen LogP contribution in [0.1, 0.15) is 71.1 Å². The summed E-state index contributed by atoms with van der Waals surface area (Å²) in [4.78, 5) is 2.50. The van der Waals surface area contributed by atoms with E-state index in [0.29, 0.717) is 0 Å². The molecule has 0 aromatic rings. The molecule has 0 N–H and O–H groups in total. The molecular weight excluding hydrogens is 206 g/mol. The second kappa shape index (κ2) is 10.7. The minimum absolute atomic E-state index is 1.01. The Labute approximate surface area is 108 Å². The van der Waals surface area contributed by atoms with Gasteiger partial charge in [0.25, 0.3) is 0 Å². The molecule has 0 aromatic heterocycles. The van der Waals surface area contributed by atoms with Crippen molar-refractivity contribution in [2.45, 2.75) is 71.1 Å². The Morgan fingerprint density at radius 1 is 0.824 bits per heavy atom. The summed E-state index contributed by atoms with van der Waals surface area (Å²) in [5.74, 6) is 6.67. The van der Waals surface area contributed by atoms with Crippen LogP contribution in [0.4, 0.5) is 0 Å². The maximum absolute atomic E-state index is 3.33. The Bertz CT molecular complexity index is 217. The molecule has 1 nitrogen and oxygen atoms in total. The number of rotatable bonds is 7. The molecule has 0 aromatic carbocycles. The molecule has 1 fully saturated rings. The van der Waals surface area contributed by atoms with Crippen LogP contribution in [0.25, 0.3) is 0 Å². The summed E-state index contributed by atoms with van der Waals surface area (Å²) in [6, 6.07) is 0. The highest BCUT2D eigenvalue weighted by atomic mass is 15.1.